The molecule has 0 unspecified atom stereocenters. The largest absolute Gasteiger partial charge is 0.346 e. The summed E-state index contributed by atoms with van der Waals surface area (Å²) in [6.45, 7) is 4.11. The van der Waals surface area contributed by atoms with E-state index in [4.69, 9.17) is 11.6 Å². The Labute approximate surface area is 180 Å². The molecule has 3 heterocycles. The molecule has 7 heteroatoms. The van der Waals surface area contributed by atoms with E-state index in [0.29, 0.717) is 22.2 Å². The van der Waals surface area contributed by atoms with Gasteiger partial charge in [-0.05, 0) is 49.9 Å². The minimum atomic E-state index is -0.278. The zero-order valence-corrected chi connectivity index (χ0v) is 18.2. The van der Waals surface area contributed by atoms with E-state index in [0.717, 1.165) is 48.2 Å². The number of nitrogens with one attached hydrogen (secondary N) is 2. The van der Waals surface area contributed by atoms with Gasteiger partial charge in [0.2, 0.25) is 0 Å². The van der Waals surface area contributed by atoms with Crippen LogP contribution in [0.2, 0.25) is 5.02 Å². The standard InChI is InChI=1S/C23H27ClN4O2/c1-3-6-16-9-14(2)27-22(29)18(16)12-25-23(30)20-11-17(24)10-19-21(26-13-28(19)20)15-7-4-5-8-15/h9-11,13,15H,3-8,12H2,1-2H3,(H,25,30)(H,27,29). The van der Waals surface area contributed by atoms with Gasteiger partial charge in [0.1, 0.15) is 12.0 Å². The minimum Gasteiger partial charge on any atom is -0.346 e. The van der Waals surface area contributed by atoms with Gasteiger partial charge in [-0.15, -0.1) is 0 Å². The number of halogens is 1. The van der Waals surface area contributed by atoms with Crippen LogP contribution in [0.15, 0.2) is 29.3 Å². The van der Waals surface area contributed by atoms with Gasteiger partial charge < -0.3 is 10.3 Å². The number of H-pyrrole nitrogens is 1. The maximum atomic E-state index is 13.0. The Kier molecular flexibility index (Phi) is 5.95. The molecule has 4 rings (SSSR count). The summed E-state index contributed by atoms with van der Waals surface area (Å²) in [6.07, 6.45) is 8.09. The van der Waals surface area contributed by atoms with E-state index in [2.05, 4.69) is 22.2 Å². The quantitative estimate of drug-likeness (QED) is 0.608. The van der Waals surface area contributed by atoms with Crippen LogP contribution >= 0.6 is 11.6 Å². The van der Waals surface area contributed by atoms with Gasteiger partial charge in [-0.1, -0.05) is 37.8 Å². The zero-order chi connectivity index (χ0) is 21.3. The van der Waals surface area contributed by atoms with Gasteiger partial charge in [0.25, 0.3) is 11.5 Å². The number of nitrogens with zero attached hydrogens (tertiary/aromatic N) is 2. The van der Waals surface area contributed by atoms with E-state index in [1.807, 2.05) is 19.1 Å². The lowest BCUT2D eigenvalue weighted by Gasteiger charge is -2.12. The normalized spacial score (nSPS) is 14.5. The highest BCUT2D eigenvalue weighted by molar-refractivity contribution is 6.31. The third kappa shape index (κ3) is 4.01. The SMILES string of the molecule is CCCc1cc(C)[nH]c(=O)c1CNC(=O)c1cc(Cl)cc2c(C3CCCC3)ncn12. The number of hydrogen-bond donors (Lipinski definition) is 2. The van der Waals surface area contributed by atoms with Crippen molar-refractivity contribution in [1.29, 1.82) is 0 Å². The van der Waals surface area contributed by atoms with Gasteiger partial charge in [-0.2, -0.15) is 0 Å². The number of hydrogen-bond acceptors (Lipinski definition) is 3. The van der Waals surface area contributed by atoms with Gasteiger partial charge in [-0.3, -0.25) is 14.0 Å². The molecule has 0 aliphatic heterocycles. The molecule has 2 N–H and O–H groups in total. The van der Waals surface area contributed by atoms with E-state index in [9.17, 15) is 9.59 Å². The smallest absolute Gasteiger partial charge is 0.268 e. The summed E-state index contributed by atoms with van der Waals surface area (Å²) in [6, 6.07) is 5.51. The maximum Gasteiger partial charge on any atom is 0.268 e. The second-order valence-corrected chi connectivity index (χ2v) is 8.58. The Morgan fingerprint density at radius 2 is 2.07 bits per heavy atom. The highest BCUT2D eigenvalue weighted by atomic mass is 35.5. The van der Waals surface area contributed by atoms with Crippen molar-refractivity contribution in [1.82, 2.24) is 19.7 Å². The van der Waals surface area contributed by atoms with Crippen LogP contribution in [0, 0.1) is 6.92 Å². The summed E-state index contributed by atoms with van der Waals surface area (Å²) in [5.74, 6) is 0.146. The lowest BCUT2D eigenvalue weighted by Crippen LogP contribution is -2.29. The van der Waals surface area contributed by atoms with Crippen LogP contribution in [0.25, 0.3) is 5.52 Å². The molecule has 0 spiro atoms. The Morgan fingerprint density at radius 1 is 1.30 bits per heavy atom. The summed E-state index contributed by atoms with van der Waals surface area (Å²) >= 11 is 6.35. The molecule has 0 aromatic carbocycles. The maximum absolute atomic E-state index is 13.0. The van der Waals surface area contributed by atoms with Crippen molar-refractivity contribution in [2.75, 3.05) is 0 Å². The summed E-state index contributed by atoms with van der Waals surface area (Å²) in [5.41, 5.74) is 4.58. The molecular weight excluding hydrogens is 400 g/mol. The Hall–Kier alpha value is -2.60. The van der Waals surface area contributed by atoms with Crippen LogP contribution in [0.5, 0.6) is 0 Å². The fourth-order valence-electron chi connectivity index (χ4n) is 4.50. The molecule has 1 saturated carbocycles. The van der Waals surface area contributed by atoms with Crippen LogP contribution in [0.3, 0.4) is 0 Å². The highest BCUT2D eigenvalue weighted by Gasteiger charge is 2.23. The number of imidazole rings is 1. The molecule has 1 fully saturated rings. The van der Waals surface area contributed by atoms with Crippen molar-refractivity contribution in [3.05, 3.63) is 68.1 Å². The molecule has 3 aromatic rings. The van der Waals surface area contributed by atoms with Gasteiger partial charge in [-0.25, -0.2) is 4.98 Å². The number of carbonyl (C=O) groups excluding carboxylic acids is 1. The average molecular weight is 427 g/mol. The van der Waals surface area contributed by atoms with Crippen LogP contribution in [0.1, 0.15) is 77.9 Å². The third-order valence-corrected chi connectivity index (χ3v) is 6.14. The molecule has 1 amide bonds. The van der Waals surface area contributed by atoms with E-state index in [1.54, 1.807) is 16.8 Å². The first kappa shape index (κ1) is 20.7. The zero-order valence-electron chi connectivity index (χ0n) is 17.4. The van der Waals surface area contributed by atoms with E-state index in [-0.39, 0.29) is 18.0 Å². The van der Waals surface area contributed by atoms with Crippen LogP contribution in [0.4, 0.5) is 0 Å². The molecule has 3 aromatic heterocycles. The Balaban J connectivity index is 1.62. The van der Waals surface area contributed by atoms with Crippen molar-refractivity contribution in [3.8, 4) is 0 Å². The molecule has 1 aliphatic carbocycles. The van der Waals surface area contributed by atoms with Crippen molar-refractivity contribution < 1.29 is 4.79 Å². The fourth-order valence-corrected chi connectivity index (χ4v) is 4.71. The van der Waals surface area contributed by atoms with E-state index < -0.39 is 0 Å². The van der Waals surface area contributed by atoms with Crippen molar-refractivity contribution >= 4 is 23.0 Å². The van der Waals surface area contributed by atoms with Crippen LogP contribution < -0.4 is 10.9 Å². The fraction of sp³-hybridized carbons (Fsp3) is 0.435. The van der Waals surface area contributed by atoms with Gasteiger partial charge in [0.15, 0.2) is 0 Å². The Morgan fingerprint density at radius 3 is 2.80 bits per heavy atom. The number of aromatic nitrogens is 3. The number of pyridine rings is 2. The van der Waals surface area contributed by atoms with Crippen molar-refractivity contribution in [3.63, 3.8) is 0 Å². The van der Waals surface area contributed by atoms with Gasteiger partial charge >= 0.3 is 0 Å². The molecule has 0 saturated heterocycles. The summed E-state index contributed by atoms with van der Waals surface area (Å²) in [7, 11) is 0. The second-order valence-electron chi connectivity index (χ2n) is 8.14. The molecule has 158 valence electrons. The Bertz CT molecular complexity index is 1140. The highest BCUT2D eigenvalue weighted by Crippen LogP contribution is 2.36. The van der Waals surface area contributed by atoms with Crippen molar-refractivity contribution in [2.24, 2.45) is 0 Å². The molecule has 6 nitrogen and oxygen atoms in total. The predicted octanol–water partition coefficient (Wildman–Crippen LogP) is 4.52. The van der Waals surface area contributed by atoms with Crippen LogP contribution in [-0.4, -0.2) is 20.3 Å². The summed E-state index contributed by atoms with van der Waals surface area (Å²) in [4.78, 5) is 32.9. The topological polar surface area (TPSA) is 79.3 Å². The minimum absolute atomic E-state index is 0.152. The molecular formula is C23H27ClN4O2. The molecule has 0 bridgehead atoms. The number of aryl methyl sites for hydroxylation is 2. The molecule has 0 atom stereocenters. The van der Waals surface area contributed by atoms with Crippen LogP contribution in [-0.2, 0) is 13.0 Å². The van der Waals surface area contributed by atoms with E-state index >= 15 is 0 Å². The first-order valence-corrected chi connectivity index (χ1v) is 11.0. The number of fused-ring (bicyclic) bond motifs is 1. The molecule has 0 radical (unpaired) electrons. The number of amides is 1. The third-order valence-electron chi connectivity index (χ3n) is 5.93. The molecule has 1 aliphatic rings. The first-order valence-electron chi connectivity index (χ1n) is 10.6. The van der Waals surface area contributed by atoms with Crippen molar-refractivity contribution in [2.45, 2.75) is 64.8 Å². The predicted molar refractivity (Wildman–Crippen MR) is 118 cm³/mol. The lowest BCUT2D eigenvalue weighted by molar-refractivity contribution is 0.0944. The number of carbonyl (C=O) groups is 1. The monoisotopic (exact) mass is 426 g/mol. The first-order chi connectivity index (χ1) is 14.5. The summed E-state index contributed by atoms with van der Waals surface area (Å²) in [5, 5.41) is 3.41. The lowest BCUT2D eigenvalue weighted by atomic mass is 10.0. The summed E-state index contributed by atoms with van der Waals surface area (Å²) < 4.78 is 1.81. The van der Waals surface area contributed by atoms with Gasteiger partial charge in [0.05, 0.1) is 11.2 Å². The van der Waals surface area contributed by atoms with Gasteiger partial charge in [0, 0.05) is 28.7 Å². The number of aromatic amines is 1. The number of rotatable bonds is 6. The average Bonchev–Trinajstić information content (AvgIpc) is 3.36. The second kappa shape index (κ2) is 8.64. The molecule has 30 heavy (non-hydrogen) atoms. The van der Waals surface area contributed by atoms with E-state index in [1.165, 1.54) is 12.8 Å².